The number of benzene rings is 3. The molecule has 6 nitrogen and oxygen atoms in total. The van der Waals surface area contributed by atoms with E-state index in [9.17, 15) is 0 Å². The molecule has 33 heavy (non-hydrogen) atoms. The monoisotopic (exact) mass is 446 g/mol. The molecule has 0 amide bonds. The first-order chi connectivity index (χ1) is 16.2. The van der Waals surface area contributed by atoms with Crippen molar-refractivity contribution in [2.24, 2.45) is 0 Å². The zero-order valence-electron chi connectivity index (χ0n) is 19.4. The molecule has 4 rings (SSSR count). The van der Waals surface area contributed by atoms with Crippen LogP contribution in [0.2, 0.25) is 0 Å². The number of nitrogens with zero attached hydrogens (tertiary/aromatic N) is 2. The van der Waals surface area contributed by atoms with Crippen molar-refractivity contribution in [1.82, 2.24) is 9.55 Å². The standard InChI is InChI=1S/C27H30N2O4/c1-30-23-12-6-7-13-25(23)33-17-9-8-16-29-22-11-5-4-10-21(22)28-27(29)19-20-14-15-24(31-2)26(18-20)32-3/h4-7,10-15,18H,8-9,16-17,19H2,1-3H3. The van der Waals surface area contributed by atoms with E-state index in [-0.39, 0.29) is 0 Å². The molecule has 0 aliphatic carbocycles. The molecule has 1 aromatic heterocycles. The highest BCUT2D eigenvalue weighted by Crippen LogP contribution is 2.29. The number of aromatic nitrogens is 2. The maximum absolute atomic E-state index is 5.93. The summed E-state index contributed by atoms with van der Waals surface area (Å²) in [5.74, 6) is 4.03. The first-order valence-electron chi connectivity index (χ1n) is 11.1. The quantitative estimate of drug-likeness (QED) is 0.284. The Morgan fingerprint density at radius 1 is 0.727 bits per heavy atom. The number of fused-ring (bicyclic) bond motifs is 1. The number of unbranched alkanes of at least 4 members (excludes halogenated alkanes) is 1. The van der Waals surface area contributed by atoms with Crippen molar-refractivity contribution in [2.45, 2.75) is 25.8 Å². The van der Waals surface area contributed by atoms with E-state index in [1.165, 1.54) is 0 Å². The van der Waals surface area contributed by atoms with E-state index in [1.807, 2.05) is 42.5 Å². The lowest BCUT2D eigenvalue weighted by atomic mass is 10.1. The molecule has 0 saturated carbocycles. The van der Waals surface area contributed by atoms with Gasteiger partial charge in [0.2, 0.25) is 0 Å². The van der Waals surface area contributed by atoms with E-state index < -0.39 is 0 Å². The summed E-state index contributed by atoms with van der Waals surface area (Å²) < 4.78 is 24.4. The van der Waals surface area contributed by atoms with Gasteiger partial charge in [0.15, 0.2) is 23.0 Å². The second kappa shape index (κ2) is 10.8. The maximum Gasteiger partial charge on any atom is 0.161 e. The van der Waals surface area contributed by atoms with Gasteiger partial charge in [-0.1, -0.05) is 30.3 Å². The third kappa shape index (κ3) is 5.22. The normalized spacial score (nSPS) is 10.9. The number of rotatable bonds is 11. The zero-order valence-corrected chi connectivity index (χ0v) is 19.4. The van der Waals surface area contributed by atoms with E-state index in [0.717, 1.165) is 64.8 Å². The Morgan fingerprint density at radius 3 is 2.21 bits per heavy atom. The average Bonchev–Trinajstić information content (AvgIpc) is 3.20. The van der Waals surface area contributed by atoms with Gasteiger partial charge < -0.3 is 23.5 Å². The van der Waals surface area contributed by atoms with Gasteiger partial charge in [0, 0.05) is 13.0 Å². The molecule has 0 spiro atoms. The predicted octanol–water partition coefficient (Wildman–Crippen LogP) is 5.51. The topological polar surface area (TPSA) is 54.7 Å². The van der Waals surface area contributed by atoms with Crippen LogP contribution in [0.3, 0.4) is 0 Å². The van der Waals surface area contributed by atoms with Gasteiger partial charge in [-0.2, -0.15) is 0 Å². The smallest absolute Gasteiger partial charge is 0.161 e. The van der Waals surface area contributed by atoms with Gasteiger partial charge in [-0.15, -0.1) is 0 Å². The molecule has 0 radical (unpaired) electrons. The Kier molecular flexibility index (Phi) is 7.35. The lowest BCUT2D eigenvalue weighted by Gasteiger charge is -2.13. The van der Waals surface area contributed by atoms with Crippen LogP contribution < -0.4 is 18.9 Å². The van der Waals surface area contributed by atoms with Gasteiger partial charge in [-0.25, -0.2) is 4.98 Å². The minimum Gasteiger partial charge on any atom is -0.493 e. The second-order valence-electron chi connectivity index (χ2n) is 7.74. The molecule has 0 unspecified atom stereocenters. The fourth-order valence-electron chi connectivity index (χ4n) is 3.98. The highest BCUT2D eigenvalue weighted by molar-refractivity contribution is 5.76. The Bertz CT molecular complexity index is 1200. The second-order valence-corrected chi connectivity index (χ2v) is 7.74. The van der Waals surface area contributed by atoms with Gasteiger partial charge in [0.25, 0.3) is 0 Å². The Balaban J connectivity index is 1.45. The molecule has 0 atom stereocenters. The van der Waals surface area contributed by atoms with Crippen molar-refractivity contribution >= 4 is 11.0 Å². The Labute approximate surface area is 194 Å². The number of para-hydroxylation sites is 4. The Morgan fingerprint density at radius 2 is 1.42 bits per heavy atom. The summed E-state index contributed by atoms with van der Waals surface area (Å²) in [6, 6.07) is 22.0. The van der Waals surface area contributed by atoms with E-state index in [1.54, 1.807) is 21.3 Å². The van der Waals surface area contributed by atoms with Crippen molar-refractivity contribution in [3.8, 4) is 23.0 Å². The van der Waals surface area contributed by atoms with Gasteiger partial charge in [0.05, 0.1) is 39.0 Å². The summed E-state index contributed by atoms with van der Waals surface area (Å²) in [5.41, 5.74) is 3.29. The van der Waals surface area contributed by atoms with Crippen molar-refractivity contribution in [3.63, 3.8) is 0 Å². The van der Waals surface area contributed by atoms with Crippen LogP contribution in [0.4, 0.5) is 0 Å². The van der Waals surface area contributed by atoms with Crippen molar-refractivity contribution in [1.29, 1.82) is 0 Å². The molecular weight excluding hydrogens is 416 g/mol. The summed E-state index contributed by atoms with van der Waals surface area (Å²) in [7, 11) is 4.96. The third-order valence-corrected chi connectivity index (χ3v) is 5.65. The lowest BCUT2D eigenvalue weighted by Crippen LogP contribution is -2.07. The summed E-state index contributed by atoms with van der Waals surface area (Å²) in [6.07, 6.45) is 2.63. The molecule has 0 bridgehead atoms. The van der Waals surface area contributed by atoms with Crippen molar-refractivity contribution in [2.75, 3.05) is 27.9 Å². The molecular formula is C27H30N2O4. The summed E-state index contributed by atoms with van der Waals surface area (Å²) in [4.78, 5) is 4.92. The van der Waals surface area contributed by atoms with Crippen LogP contribution in [0.1, 0.15) is 24.2 Å². The highest BCUT2D eigenvalue weighted by atomic mass is 16.5. The average molecular weight is 447 g/mol. The molecule has 4 aromatic rings. The maximum atomic E-state index is 5.93. The van der Waals surface area contributed by atoms with Crippen LogP contribution in [-0.4, -0.2) is 37.5 Å². The summed E-state index contributed by atoms with van der Waals surface area (Å²) in [5, 5.41) is 0. The van der Waals surface area contributed by atoms with Crippen LogP contribution in [-0.2, 0) is 13.0 Å². The lowest BCUT2D eigenvalue weighted by molar-refractivity contribution is 0.284. The van der Waals surface area contributed by atoms with Gasteiger partial charge >= 0.3 is 0 Å². The molecule has 3 aromatic carbocycles. The minimum atomic E-state index is 0.637. The predicted molar refractivity (Wildman–Crippen MR) is 130 cm³/mol. The van der Waals surface area contributed by atoms with E-state index in [2.05, 4.69) is 28.8 Å². The molecule has 172 valence electrons. The summed E-state index contributed by atoms with van der Waals surface area (Å²) in [6.45, 7) is 1.51. The van der Waals surface area contributed by atoms with E-state index in [4.69, 9.17) is 23.9 Å². The number of imidazole rings is 1. The fraction of sp³-hybridized carbons (Fsp3) is 0.296. The van der Waals surface area contributed by atoms with Crippen molar-refractivity contribution < 1.29 is 18.9 Å². The van der Waals surface area contributed by atoms with Gasteiger partial charge in [-0.3, -0.25) is 0 Å². The zero-order chi connectivity index (χ0) is 23.0. The first-order valence-corrected chi connectivity index (χ1v) is 11.1. The number of hydrogen-bond acceptors (Lipinski definition) is 5. The highest BCUT2D eigenvalue weighted by Gasteiger charge is 2.13. The minimum absolute atomic E-state index is 0.637. The molecule has 0 aliphatic rings. The molecule has 0 saturated heterocycles. The number of methoxy groups -OCH3 is 3. The SMILES string of the molecule is COc1ccc(Cc2nc3ccccc3n2CCCCOc2ccccc2OC)cc1OC. The number of aryl methyl sites for hydroxylation is 1. The van der Waals surface area contributed by atoms with Crippen LogP contribution in [0.5, 0.6) is 23.0 Å². The van der Waals surface area contributed by atoms with E-state index >= 15 is 0 Å². The van der Waals surface area contributed by atoms with Gasteiger partial charge in [0.1, 0.15) is 5.82 Å². The van der Waals surface area contributed by atoms with Gasteiger partial charge in [-0.05, 0) is 54.8 Å². The van der Waals surface area contributed by atoms with Crippen LogP contribution in [0.15, 0.2) is 66.7 Å². The van der Waals surface area contributed by atoms with Crippen LogP contribution >= 0.6 is 0 Å². The van der Waals surface area contributed by atoms with Crippen molar-refractivity contribution in [3.05, 3.63) is 78.1 Å². The Hall–Kier alpha value is -3.67. The molecule has 1 heterocycles. The summed E-state index contributed by atoms with van der Waals surface area (Å²) >= 11 is 0. The van der Waals surface area contributed by atoms with Crippen LogP contribution in [0.25, 0.3) is 11.0 Å². The molecule has 0 fully saturated rings. The largest absolute Gasteiger partial charge is 0.493 e. The van der Waals surface area contributed by atoms with E-state index in [0.29, 0.717) is 13.0 Å². The number of ether oxygens (including phenoxy) is 4. The number of hydrogen-bond donors (Lipinski definition) is 0. The molecule has 6 heteroatoms. The third-order valence-electron chi connectivity index (χ3n) is 5.65. The fourth-order valence-corrected chi connectivity index (χ4v) is 3.98. The molecule has 0 aliphatic heterocycles. The molecule has 0 N–H and O–H groups in total. The first kappa shape index (κ1) is 22.5. The van der Waals surface area contributed by atoms with Crippen LogP contribution in [0, 0.1) is 0 Å².